The first kappa shape index (κ1) is 19.0. The molecule has 23 heavy (non-hydrogen) atoms. The van der Waals surface area contributed by atoms with E-state index in [2.05, 4.69) is 10.1 Å². The number of ether oxygens (including phenoxy) is 1. The summed E-state index contributed by atoms with van der Waals surface area (Å²) in [5.74, 6) is -1.67. The van der Waals surface area contributed by atoms with Crippen LogP contribution in [0.15, 0.2) is 29.2 Å². The van der Waals surface area contributed by atoms with E-state index in [9.17, 15) is 22.4 Å². The van der Waals surface area contributed by atoms with E-state index in [-0.39, 0.29) is 10.8 Å². The van der Waals surface area contributed by atoms with Crippen molar-refractivity contribution in [3.8, 4) is 0 Å². The number of rotatable bonds is 8. The first-order valence-corrected chi connectivity index (χ1v) is 8.36. The highest BCUT2D eigenvalue weighted by atomic mass is 32.2. The van der Waals surface area contributed by atoms with Gasteiger partial charge in [0.25, 0.3) is 5.91 Å². The van der Waals surface area contributed by atoms with E-state index in [4.69, 9.17) is 0 Å². The molecule has 0 radical (unpaired) electrons. The summed E-state index contributed by atoms with van der Waals surface area (Å²) in [5, 5.41) is 2.55. The Kier molecular flexibility index (Phi) is 7.11. The van der Waals surface area contributed by atoms with Crippen molar-refractivity contribution in [3.05, 3.63) is 30.1 Å². The minimum absolute atomic E-state index is 0.179. The summed E-state index contributed by atoms with van der Waals surface area (Å²) in [7, 11) is -3.95. The van der Waals surface area contributed by atoms with Gasteiger partial charge >= 0.3 is 5.97 Å². The number of hydrogen-bond donors (Lipinski definition) is 2. The highest BCUT2D eigenvalue weighted by molar-refractivity contribution is 7.89. The normalized spacial score (nSPS) is 11.3. The number of esters is 1. The van der Waals surface area contributed by atoms with Gasteiger partial charge in [-0.2, -0.15) is 4.72 Å². The van der Waals surface area contributed by atoms with Crippen LogP contribution in [-0.2, 0) is 24.3 Å². The number of hydrogen-bond acceptors (Lipinski definition) is 5. The standard InChI is InChI=1S/C14H19FN2O5S/c1-10(2)7-16-13(18)9-22-14(19)8-17-23(20,21)12-5-3-11(15)4-6-12/h3-6,10,17H,7-9H2,1-2H3,(H,16,18). The zero-order chi connectivity index (χ0) is 17.5. The summed E-state index contributed by atoms with van der Waals surface area (Å²) in [5.41, 5.74) is 0. The number of carbonyl (C=O) groups excluding carboxylic acids is 2. The molecule has 0 fully saturated rings. The average Bonchev–Trinajstić information content (AvgIpc) is 2.49. The second-order valence-electron chi connectivity index (χ2n) is 5.14. The molecule has 0 atom stereocenters. The van der Waals surface area contributed by atoms with Gasteiger partial charge in [-0.1, -0.05) is 13.8 Å². The Bertz CT molecular complexity index is 644. The van der Waals surface area contributed by atoms with Gasteiger partial charge in [-0.3, -0.25) is 9.59 Å². The summed E-state index contributed by atoms with van der Waals surface area (Å²) in [6.45, 7) is 3.17. The van der Waals surface area contributed by atoms with E-state index in [1.54, 1.807) is 0 Å². The lowest BCUT2D eigenvalue weighted by atomic mass is 10.2. The first-order chi connectivity index (χ1) is 10.7. The highest BCUT2D eigenvalue weighted by Gasteiger charge is 2.16. The topological polar surface area (TPSA) is 102 Å². The van der Waals surface area contributed by atoms with Crippen LogP contribution in [-0.4, -0.2) is 40.0 Å². The van der Waals surface area contributed by atoms with Crippen molar-refractivity contribution < 1.29 is 27.1 Å². The minimum atomic E-state index is -3.95. The van der Waals surface area contributed by atoms with E-state index in [1.165, 1.54) is 0 Å². The van der Waals surface area contributed by atoms with Gasteiger partial charge < -0.3 is 10.1 Å². The van der Waals surface area contributed by atoms with E-state index in [0.717, 1.165) is 24.3 Å². The Morgan fingerprint density at radius 2 is 1.83 bits per heavy atom. The lowest BCUT2D eigenvalue weighted by Gasteiger charge is -2.09. The van der Waals surface area contributed by atoms with Gasteiger partial charge in [-0.25, -0.2) is 12.8 Å². The Morgan fingerprint density at radius 3 is 2.39 bits per heavy atom. The third-order valence-corrected chi connectivity index (χ3v) is 4.02. The van der Waals surface area contributed by atoms with Gasteiger partial charge in [0, 0.05) is 6.54 Å². The number of amides is 1. The van der Waals surface area contributed by atoms with Crippen molar-refractivity contribution in [1.29, 1.82) is 0 Å². The molecule has 0 unspecified atom stereocenters. The molecular weight excluding hydrogens is 327 g/mol. The van der Waals surface area contributed by atoms with Gasteiger partial charge in [0.05, 0.1) is 4.90 Å². The molecule has 1 aromatic rings. The number of sulfonamides is 1. The van der Waals surface area contributed by atoms with E-state index < -0.39 is 40.9 Å². The molecule has 7 nitrogen and oxygen atoms in total. The fourth-order valence-corrected chi connectivity index (χ4v) is 2.39. The van der Waals surface area contributed by atoms with E-state index in [0.29, 0.717) is 6.54 Å². The summed E-state index contributed by atoms with van der Waals surface area (Å²) in [4.78, 5) is 22.6. The zero-order valence-corrected chi connectivity index (χ0v) is 13.7. The maximum Gasteiger partial charge on any atom is 0.321 e. The molecule has 2 N–H and O–H groups in total. The van der Waals surface area contributed by atoms with Gasteiger partial charge in [0.2, 0.25) is 10.0 Å². The van der Waals surface area contributed by atoms with Gasteiger partial charge in [0.1, 0.15) is 12.4 Å². The van der Waals surface area contributed by atoms with Crippen LogP contribution >= 0.6 is 0 Å². The number of benzene rings is 1. The molecule has 0 saturated heterocycles. The summed E-state index contributed by atoms with van der Waals surface area (Å²) < 4.78 is 43.1. The van der Waals surface area contributed by atoms with Gasteiger partial charge in [-0.15, -0.1) is 0 Å². The van der Waals surface area contributed by atoms with Crippen molar-refractivity contribution in [2.24, 2.45) is 5.92 Å². The van der Waals surface area contributed by atoms with Crippen molar-refractivity contribution in [1.82, 2.24) is 10.0 Å². The van der Waals surface area contributed by atoms with Crippen LogP contribution in [0.2, 0.25) is 0 Å². The molecule has 9 heteroatoms. The molecule has 0 spiro atoms. The molecule has 0 aromatic heterocycles. The molecule has 0 aliphatic heterocycles. The minimum Gasteiger partial charge on any atom is -0.455 e. The first-order valence-electron chi connectivity index (χ1n) is 6.88. The monoisotopic (exact) mass is 346 g/mol. The molecule has 0 bridgehead atoms. The average molecular weight is 346 g/mol. The van der Waals surface area contributed by atoms with E-state index >= 15 is 0 Å². The molecule has 0 heterocycles. The lowest BCUT2D eigenvalue weighted by molar-refractivity contribution is -0.147. The Morgan fingerprint density at radius 1 is 1.22 bits per heavy atom. The van der Waals surface area contributed by atoms with Crippen LogP contribution in [0, 0.1) is 11.7 Å². The van der Waals surface area contributed by atoms with Crippen LogP contribution in [0.1, 0.15) is 13.8 Å². The molecule has 1 aromatic carbocycles. The van der Waals surface area contributed by atoms with Crippen LogP contribution in [0.3, 0.4) is 0 Å². The Labute approximate surface area is 134 Å². The molecule has 128 valence electrons. The van der Waals surface area contributed by atoms with Gasteiger partial charge in [-0.05, 0) is 30.2 Å². The third-order valence-electron chi connectivity index (χ3n) is 2.60. The van der Waals surface area contributed by atoms with Gasteiger partial charge in [0.15, 0.2) is 6.61 Å². The quantitative estimate of drug-likeness (QED) is 0.664. The molecular formula is C14H19FN2O5S. The van der Waals surface area contributed by atoms with Crippen LogP contribution in [0.5, 0.6) is 0 Å². The lowest BCUT2D eigenvalue weighted by Crippen LogP contribution is -2.35. The summed E-state index contributed by atoms with van der Waals surface area (Å²) in [6, 6.07) is 4.13. The molecule has 0 aliphatic rings. The Balaban J connectivity index is 2.40. The second-order valence-corrected chi connectivity index (χ2v) is 6.90. The number of nitrogens with one attached hydrogen (secondary N) is 2. The van der Waals surface area contributed by atoms with Crippen LogP contribution in [0.25, 0.3) is 0 Å². The summed E-state index contributed by atoms with van der Waals surface area (Å²) >= 11 is 0. The Hall–Kier alpha value is -2.00. The zero-order valence-electron chi connectivity index (χ0n) is 12.8. The number of halogens is 1. The maximum atomic E-state index is 12.8. The highest BCUT2D eigenvalue weighted by Crippen LogP contribution is 2.09. The van der Waals surface area contributed by atoms with Crippen molar-refractivity contribution in [2.45, 2.75) is 18.7 Å². The predicted octanol–water partition coefficient (Wildman–Crippen LogP) is 0.419. The largest absolute Gasteiger partial charge is 0.455 e. The van der Waals surface area contributed by atoms with Crippen LogP contribution < -0.4 is 10.0 Å². The van der Waals surface area contributed by atoms with E-state index in [1.807, 2.05) is 18.6 Å². The smallest absolute Gasteiger partial charge is 0.321 e. The van der Waals surface area contributed by atoms with Crippen molar-refractivity contribution >= 4 is 21.9 Å². The predicted molar refractivity (Wildman–Crippen MR) is 80.4 cm³/mol. The van der Waals surface area contributed by atoms with Crippen molar-refractivity contribution in [2.75, 3.05) is 19.7 Å². The van der Waals surface area contributed by atoms with Crippen LogP contribution in [0.4, 0.5) is 4.39 Å². The summed E-state index contributed by atoms with van der Waals surface area (Å²) in [6.07, 6.45) is 0. The maximum absolute atomic E-state index is 12.8. The molecule has 1 rings (SSSR count). The number of carbonyl (C=O) groups is 2. The third kappa shape index (κ3) is 7.20. The second kappa shape index (κ2) is 8.59. The molecule has 0 aliphatic carbocycles. The SMILES string of the molecule is CC(C)CNC(=O)COC(=O)CNS(=O)(=O)c1ccc(F)cc1. The van der Waals surface area contributed by atoms with Crippen molar-refractivity contribution in [3.63, 3.8) is 0 Å². The molecule has 1 amide bonds. The fourth-order valence-electron chi connectivity index (χ4n) is 1.42. The fraction of sp³-hybridized carbons (Fsp3) is 0.429. The molecule has 0 saturated carbocycles.